The number of amides is 3. The summed E-state index contributed by atoms with van der Waals surface area (Å²) in [5.41, 5.74) is 5.46. The summed E-state index contributed by atoms with van der Waals surface area (Å²) in [5.74, 6) is -0.930. The second-order valence-corrected chi connectivity index (χ2v) is 4.30. The van der Waals surface area contributed by atoms with Gasteiger partial charge < -0.3 is 10.6 Å². The molecule has 2 rings (SSSR count). The van der Waals surface area contributed by atoms with Crippen molar-refractivity contribution in [3.05, 3.63) is 12.3 Å². The van der Waals surface area contributed by atoms with Gasteiger partial charge >= 0.3 is 0 Å². The normalized spacial score (nSPS) is 19.4. The maximum atomic E-state index is 12.1. The van der Waals surface area contributed by atoms with Gasteiger partial charge in [-0.1, -0.05) is 6.92 Å². The lowest BCUT2D eigenvalue weighted by Crippen LogP contribution is -2.60. The summed E-state index contributed by atoms with van der Waals surface area (Å²) in [6.07, 6.45) is 2.02. The number of hydrogen-bond donors (Lipinski definition) is 2. The molecule has 1 unspecified atom stereocenters. The highest BCUT2D eigenvalue weighted by Crippen LogP contribution is 2.10. The van der Waals surface area contributed by atoms with Crippen molar-refractivity contribution < 1.29 is 14.4 Å². The van der Waals surface area contributed by atoms with Gasteiger partial charge in [-0.25, -0.2) is 0 Å². The molecule has 1 aromatic rings. The molecule has 1 aliphatic heterocycles. The lowest BCUT2D eigenvalue weighted by molar-refractivity contribution is -0.150. The zero-order chi connectivity index (χ0) is 14.0. The summed E-state index contributed by atoms with van der Waals surface area (Å²) < 4.78 is 1.38. The van der Waals surface area contributed by atoms with Crippen molar-refractivity contribution in [1.82, 2.24) is 20.0 Å². The predicted octanol–water partition coefficient (Wildman–Crippen LogP) is -1.27. The Morgan fingerprint density at radius 1 is 1.58 bits per heavy atom. The number of hydrogen-bond acceptors (Lipinski definition) is 5. The third-order valence-corrected chi connectivity index (χ3v) is 2.92. The summed E-state index contributed by atoms with van der Waals surface area (Å²) in [5, 5.41) is 6.11. The first-order valence-electron chi connectivity index (χ1n) is 5.93. The summed E-state index contributed by atoms with van der Waals surface area (Å²) in [7, 11) is 0. The van der Waals surface area contributed by atoms with Gasteiger partial charge in [-0.3, -0.25) is 24.4 Å². The van der Waals surface area contributed by atoms with E-state index in [-0.39, 0.29) is 19.0 Å². The maximum Gasteiger partial charge on any atom is 0.249 e. The Bertz CT molecular complexity index is 524. The van der Waals surface area contributed by atoms with Gasteiger partial charge in [0.25, 0.3) is 0 Å². The second-order valence-electron chi connectivity index (χ2n) is 4.30. The largest absolute Gasteiger partial charge is 0.382 e. The summed E-state index contributed by atoms with van der Waals surface area (Å²) in [6.45, 7) is 1.63. The molecule has 8 heteroatoms. The Hall–Kier alpha value is -2.38. The third-order valence-electron chi connectivity index (χ3n) is 2.92. The van der Waals surface area contributed by atoms with Crippen LogP contribution in [0.5, 0.6) is 0 Å². The number of piperazine rings is 1. The highest BCUT2D eigenvalue weighted by Gasteiger charge is 2.35. The Morgan fingerprint density at radius 3 is 2.89 bits per heavy atom. The molecule has 0 radical (unpaired) electrons. The van der Waals surface area contributed by atoms with E-state index >= 15 is 0 Å². The highest BCUT2D eigenvalue weighted by atomic mass is 16.2. The highest BCUT2D eigenvalue weighted by molar-refractivity contribution is 6.04. The van der Waals surface area contributed by atoms with Gasteiger partial charge in [-0.15, -0.1) is 0 Å². The van der Waals surface area contributed by atoms with Crippen LogP contribution in [0.2, 0.25) is 0 Å². The minimum Gasteiger partial charge on any atom is -0.382 e. The predicted molar refractivity (Wildman–Crippen MR) is 65.6 cm³/mol. The van der Waals surface area contributed by atoms with E-state index in [1.54, 1.807) is 19.2 Å². The van der Waals surface area contributed by atoms with Crippen LogP contribution >= 0.6 is 0 Å². The molecule has 1 atom stereocenters. The summed E-state index contributed by atoms with van der Waals surface area (Å²) >= 11 is 0. The van der Waals surface area contributed by atoms with E-state index in [1.165, 1.54) is 9.58 Å². The van der Waals surface area contributed by atoms with E-state index in [1.807, 2.05) is 0 Å². The molecule has 1 aliphatic rings. The summed E-state index contributed by atoms with van der Waals surface area (Å²) in [4.78, 5) is 36.4. The van der Waals surface area contributed by atoms with Gasteiger partial charge in [-0.05, 0) is 12.5 Å². The molecule has 0 spiro atoms. The quantitative estimate of drug-likeness (QED) is 0.662. The number of imide groups is 1. The van der Waals surface area contributed by atoms with Crippen LogP contribution in [0.25, 0.3) is 0 Å². The Balaban J connectivity index is 2.11. The summed E-state index contributed by atoms with van der Waals surface area (Å²) in [6, 6.07) is 0.955. The van der Waals surface area contributed by atoms with Crippen LogP contribution in [-0.2, 0) is 20.9 Å². The van der Waals surface area contributed by atoms with Gasteiger partial charge in [0.1, 0.15) is 24.9 Å². The van der Waals surface area contributed by atoms with E-state index < -0.39 is 17.9 Å². The number of aromatic nitrogens is 2. The average Bonchev–Trinajstić information content (AvgIpc) is 2.73. The van der Waals surface area contributed by atoms with E-state index in [0.717, 1.165) is 0 Å². The van der Waals surface area contributed by atoms with Crippen molar-refractivity contribution in [3.8, 4) is 0 Å². The fourth-order valence-corrected chi connectivity index (χ4v) is 2.03. The van der Waals surface area contributed by atoms with Crippen LogP contribution in [0, 0.1) is 0 Å². The Kier molecular flexibility index (Phi) is 3.50. The molecule has 102 valence electrons. The zero-order valence-corrected chi connectivity index (χ0v) is 10.5. The Morgan fingerprint density at radius 2 is 2.32 bits per heavy atom. The number of rotatable bonds is 3. The third kappa shape index (κ3) is 2.72. The second kappa shape index (κ2) is 5.09. The molecule has 8 nitrogen and oxygen atoms in total. The molecular formula is C11H15N5O3. The monoisotopic (exact) mass is 265 g/mol. The first-order valence-corrected chi connectivity index (χ1v) is 5.93. The van der Waals surface area contributed by atoms with Gasteiger partial charge in [-0.2, -0.15) is 5.10 Å². The molecule has 3 amide bonds. The van der Waals surface area contributed by atoms with Gasteiger partial charge in [0, 0.05) is 6.20 Å². The molecular weight excluding hydrogens is 250 g/mol. The number of nitrogens with zero attached hydrogens (tertiary/aromatic N) is 3. The van der Waals surface area contributed by atoms with Gasteiger partial charge in [0.05, 0.1) is 0 Å². The number of carbonyl (C=O) groups is 3. The zero-order valence-electron chi connectivity index (χ0n) is 10.5. The maximum absolute atomic E-state index is 12.1. The number of nitrogens with two attached hydrogens (primary N) is 1. The van der Waals surface area contributed by atoms with Crippen molar-refractivity contribution in [3.63, 3.8) is 0 Å². The average molecular weight is 265 g/mol. The van der Waals surface area contributed by atoms with Crippen molar-refractivity contribution in [2.45, 2.75) is 25.9 Å². The minimum absolute atomic E-state index is 0.0474. The molecule has 2 heterocycles. The lowest BCUT2D eigenvalue weighted by Gasteiger charge is -2.33. The molecule has 0 bridgehead atoms. The van der Waals surface area contributed by atoms with Crippen molar-refractivity contribution >= 4 is 23.5 Å². The van der Waals surface area contributed by atoms with Crippen LogP contribution in [0.3, 0.4) is 0 Å². The molecule has 1 aromatic heterocycles. The molecule has 1 fully saturated rings. The van der Waals surface area contributed by atoms with Crippen LogP contribution in [-0.4, -0.2) is 45.0 Å². The van der Waals surface area contributed by atoms with Crippen LogP contribution in [0.4, 0.5) is 5.82 Å². The van der Waals surface area contributed by atoms with Gasteiger partial charge in [0.15, 0.2) is 0 Å². The van der Waals surface area contributed by atoms with Gasteiger partial charge in [0.2, 0.25) is 17.7 Å². The van der Waals surface area contributed by atoms with Crippen molar-refractivity contribution in [1.29, 1.82) is 0 Å². The lowest BCUT2D eigenvalue weighted by atomic mass is 10.1. The molecule has 19 heavy (non-hydrogen) atoms. The van der Waals surface area contributed by atoms with Crippen molar-refractivity contribution in [2.24, 2.45) is 0 Å². The van der Waals surface area contributed by atoms with E-state index in [9.17, 15) is 14.4 Å². The number of anilines is 1. The van der Waals surface area contributed by atoms with Crippen LogP contribution in [0.1, 0.15) is 13.3 Å². The molecule has 0 aromatic carbocycles. The van der Waals surface area contributed by atoms with Crippen LogP contribution < -0.4 is 11.1 Å². The molecule has 1 saturated heterocycles. The fourth-order valence-electron chi connectivity index (χ4n) is 2.03. The molecule has 0 aliphatic carbocycles. The first-order chi connectivity index (χ1) is 9.01. The fraction of sp³-hybridized carbons (Fsp3) is 0.455. The van der Waals surface area contributed by atoms with Crippen LogP contribution in [0.15, 0.2) is 12.3 Å². The molecule has 3 N–H and O–H groups in total. The smallest absolute Gasteiger partial charge is 0.249 e. The standard InChI is InChI=1S/C11H15N5O3/c1-2-7-11(19)13-9(17)5-16(7)10(18)6-15-4-3-8(12)14-15/h3-4,7H,2,5-6H2,1H3,(H2,12,14)(H,13,17,19). The topological polar surface area (TPSA) is 110 Å². The van der Waals surface area contributed by atoms with E-state index in [2.05, 4.69) is 10.4 Å². The number of nitrogens with one attached hydrogen (secondary N) is 1. The Labute approximate surface area is 109 Å². The van der Waals surface area contributed by atoms with E-state index in [4.69, 9.17) is 5.73 Å². The van der Waals surface area contributed by atoms with Crippen molar-refractivity contribution in [2.75, 3.05) is 12.3 Å². The molecule has 0 saturated carbocycles. The minimum atomic E-state index is -0.613. The SMILES string of the molecule is CCC1C(=O)NC(=O)CN1C(=O)Cn1ccc(N)n1. The first kappa shape index (κ1) is 13.1. The van der Waals surface area contributed by atoms with E-state index in [0.29, 0.717) is 12.2 Å². The number of nitrogen functional groups attached to an aromatic ring is 1. The number of carbonyl (C=O) groups excluding carboxylic acids is 3.